The number of benzene rings is 1. The van der Waals surface area contributed by atoms with Gasteiger partial charge in [0.25, 0.3) is 5.91 Å². The number of rotatable bonds is 2. The van der Waals surface area contributed by atoms with Gasteiger partial charge in [0, 0.05) is 55.9 Å². The lowest BCUT2D eigenvalue weighted by Gasteiger charge is -2.35. The van der Waals surface area contributed by atoms with Crippen LogP contribution in [0.3, 0.4) is 0 Å². The van der Waals surface area contributed by atoms with E-state index in [9.17, 15) is 4.79 Å². The van der Waals surface area contributed by atoms with Crippen molar-refractivity contribution in [3.05, 3.63) is 41.0 Å². The zero-order valence-electron chi connectivity index (χ0n) is 13.3. The number of aromatic nitrogens is 2. The molecular weight excluding hydrogens is 328 g/mol. The van der Waals surface area contributed by atoms with Gasteiger partial charge >= 0.3 is 0 Å². The van der Waals surface area contributed by atoms with E-state index in [1.165, 1.54) is 0 Å². The van der Waals surface area contributed by atoms with Crippen molar-refractivity contribution in [2.24, 2.45) is 0 Å². The number of carbonyl (C=O) groups is 1. The number of amides is 1. The van der Waals surface area contributed by atoms with E-state index in [2.05, 4.69) is 10.00 Å². The second-order valence-corrected chi connectivity index (χ2v) is 6.49. The summed E-state index contributed by atoms with van der Waals surface area (Å²) in [6, 6.07) is 9.58. The van der Waals surface area contributed by atoms with E-state index in [4.69, 9.17) is 16.3 Å². The van der Waals surface area contributed by atoms with Crippen molar-refractivity contribution in [2.75, 3.05) is 37.7 Å². The molecule has 0 unspecified atom stereocenters. The van der Waals surface area contributed by atoms with E-state index in [0.29, 0.717) is 31.3 Å². The van der Waals surface area contributed by atoms with Gasteiger partial charge in [-0.25, -0.2) is 4.68 Å². The Morgan fingerprint density at radius 1 is 1.12 bits per heavy atom. The topological polar surface area (TPSA) is 50.6 Å². The molecule has 1 aromatic carbocycles. The molecule has 0 saturated carbocycles. The molecule has 4 rings (SSSR count). The van der Waals surface area contributed by atoms with Gasteiger partial charge in [-0.2, -0.15) is 5.10 Å². The maximum absolute atomic E-state index is 12.7. The van der Waals surface area contributed by atoms with Crippen LogP contribution in [0.5, 0.6) is 5.88 Å². The minimum atomic E-state index is -0.0220. The van der Waals surface area contributed by atoms with Crippen molar-refractivity contribution in [2.45, 2.75) is 13.0 Å². The van der Waals surface area contributed by atoms with Gasteiger partial charge in [-0.05, 0) is 18.2 Å². The Labute approximate surface area is 145 Å². The molecule has 0 atom stereocenters. The van der Waals surface area contributed by atoms with Gasteiger partial charge in [0.1, 0.15) is 0 Å². The second kappa shape index (κ2) is 6.36. The van der Waals surface area contributed by atoms with Crippen LogP contribution < -0.4 is 9.64 Å². The molecule has 2 aliphatic rings. The van der Waals surface area contributed by atoms with Gasteiger partial charge in [-0.15, -0.1) is 0 Å². The van der Waals surface area contributed by atoms with Gasteiger partial charge in [0.2, 0.25) is 5.88 Å². The SMILES string of the molecule is O=C(c1cc2n(n1)CCCO2)N1CCN(c2cccc(Cl)c2)CC1. The zero-order chi connectivity index (χ0) is 16.5. The molecule has 7 heteroatoms. The predicted molar refractivity (Wildman–Crippen MR) is 91.9 cm³/mol. The van der Waals surface area contributed by atoms with Crippen LogP contribution in [-0.4, -0.2) is 53.4 Å². The van der Waals surface area contributed by atoms with Crippen LogP contribution in [-0.2, 0) is 6.54 Å². The molecule has 0 N–H and O–H groups in total. The first-order valence-corrected chi connectivity index (χ1v) is 8.59. The number of nitrogens with zero attached hydrogens (tertiary/aromatic N) is 4. The van der Waals surface area contributed by atoms with Crippen molar-refractivity contribution in [1.82, 2.24) is 14.7 Å². The Morgan fingerprint density at radius 3 is 2.71 bits per heavy atom. The monoisotopic (exact) mass is 346 g/mol. The van der Waals surface area contributed by atoms with Crippen LogP contribution in [0.4, 0.5) is 5.69 Å². The van der Waals surface area contributed by atoms with Crippen molar-refractivity contribution < 1.29 is 9.53 Å². The predicted octanol–water partition coefficient (Wildman–Crippen LogP) is 2.28. The number of aryl methyl sites for hydroxylation is 1. The summed E-state index contributed by atoms with van der Waals surface area (Å²) >= 11 is 6.06. The fraction of sp³-hybridized carbons (Fsp3) is 0.412. The highest BCUT2D eigenvalue weighted by Crippen LogP contribution is 2.22. The first-order valence-electron chi connectivity index (χ1n) is 8.21. The Morgan fingerprint density at radius 2 is 1.96 bits per heavy atom. The fourth-order valence-corrected chi connectivity index (χ4v) is 3.36. The quantitative estimate of drug-likeness (QED) is 0.837. The molecule has 2 aromatic rings. The number of ether oxygens (including phenoxy) is 1. The van der Waals surface area contributed by atoms with Crippen LogP contribution in [0.2, 0.25) is 5.02 Å². The Hall–Kier alpha value is -2.21. The fourth-order valence-electron chi connectivity index (χ4n) is 3.17. The van der Waals surface area contributed by atoms with E-state index in [-0.39, 0.29) is 5.91 Å². The average molecular weight is 347 g/mol. The van der Waals surface area contributed by atoms with Crippen LogP contribution in [0.25, 0.3) is 0 Å². The summed E-state index contributed by atoms with van der Waals surface area (Å²) in [5.74, 6) is 0.674. The summed E-state index contributed by atoms with van der Waals surface area (Å²) in [6.07, 6.45) is 0.931. The minimum Gasteiger partial charge on any atom is -0.478 e. The Bertz CT molecular complexity index is 729. The van der Waals surface area contributed by atoms with Crippen molar-refractivity contribution in [1.29, 1.82) is 0 Å². The molecule has 6 nitrogen and oxygen atoms in total. The third kappa shape index (κ3) is 2.94. The van der Waals surface area contributed by atoms with Crippen LogP contribution in [0.1, 0.15) is 16.9 Å². The molecule has 2 aliphatic heterocycles. The molecule has 1 aromatic heterocycles. The summed E-state index contributed by atoms with van der Waals surface area (Å²) in [6.45, 7) is 4.43. The lowest BCUT2D eigenvalue weighted by atomic mass is 10.2. The summed E-state index contributed by atoms with van der Waals surface area (Å²) in [4.78, 5) is 16.8. The van der Waals surface area contributed by atoms with E-state index in [1.54, 1.807) is 10.7 Å². The second-order valence-electron chi connectivity index (χ2n) is 6.05. The zero-order valence-corrected chi connectivity index (χ0v) is 14.1. The standard InChI is InChI=1S/C17H19ClN4O2/c18-13-3-1-4-14(11-13)20-6-8-21(9-7-20)17(23)15-12-16-22(19-15)5-2-10-24-16/h1,3-4,11-12H,2,5-10H2. The van der Waals surface area contributed by atoms with E-state index in [1.807, 2.05) is 29.2 Å². The highest BCUT2D eigenvalue weighted by atomic mass is 35.5. The van der Waals surface area contributed by atoms with E-state index in [0.717, 1.165) is 36.8 Å². The highest BCUT2D eigenvalue weighted by molar-refractivity contribution is 6.30. The molecule has 24 heavy (non-hydrogen) atoms. The normalized spacial score (nSPS) is 17.4. The van der Waals surface area contributed by atoms with Gasteiger partial charge in [0.15, 0.2) is 5.69 Å². The first-order chi connectivity index (χ1) is 11.7. The third-order valence-electron chi connectivity index (χ3n) is 4.47. The van der Waals surface area contributed by atoms with E-state index < -0.39 is 0 Å². The molecule has 1 amide bonds. The van der Waals surface area contributed by atoms with Gasteiger partial charge in [-0.1, -0.05) is 17.7 Å². The number of halogens is 1. The lowest BCUT2D eigenvalue weighted by Crippen LogP contribution is -2.48. The molecule has 0 aliphatic carbocycles. The largest absolute Gasteiger partial charge is 0.478 e. The molecule has 126 valence electrons. The van der Waals surface area contributed by atoms with Crippen molar-refractivity contribution in [3.8, 4) is 5.88 Å². The molecular formula is C17H19ClN4O2. The number of fused-ring (bicyclic) bond motifs is 1. The van der Waals surface area contributed by atoms with Crippen molar-refractivity contribution >= 4 is 23.2 Å². The van der Waals surface area contributed by atoms with E-state index >= 15 is 0 Å². The van der Waals surface area contributed by atoms with Crippen LogP contribution in [0, 0.1) is 0 Å². The highest BCUT2D eigenvalue weighted by Gasteiger charge is 2.26. The average Bonchev–Trinajstić information content (AvgIpc) is 3.05. The summed E-state index contributed by atoms with van der Waals surface area (Å²) in [7, 11) is 0. The van der Waals surface area contributed by atoms with Crippen LogP contribution in [0.15, 0.2) is 30.3 Å². The van der Waals surface area contributed by atoms with Gasteiger partial charge in [-0.3, -0.25) is 4.79 Å². The minimum absolute atomic E-state index is 0.0220. The van der Waals surface area contributed by atoms with Gasteiger partial charge in [0.05, 0.1) is 6.61 Å². The summed E-state index contributed by atoms with van der Waals surface area (Å²) in [5, 5.41) is 5.12. The number of hydrogen-bond acceptors (Lipinski definition) is 4. The van der Waals surface area contributed by atoms with Gasteiger partial charge < -0.3 is 14.5 Å². The summed E-state index contributed by atoms with van der Waals surface area (Å²) < 4.78 is 7.31. The number of carbonyl (C=O) groups excluding carboxylic acids is 1. The third-order valence-corrected chi connectivity index (χ3v) is 4.70. The molecule has 0 bridgehead atoms. The smallest absolute Gasteiger partial charge is 0.274 e. The molecule has 3 heterocycles. The Balaban J connectivity index is 1.42. The maximum Gasteiger partial charge on any atom is 0.274 e. The number of hydrogen-bond donors (Lipinski definition) is 0. The first kappa shape index (κ1) is 15.3. The number of piperazine rings is 1. The summed E-state index contributed by atoms with van der Waals surface area (Å²) in [5.41, 5.74) is 1.57. The number of anilines is 1. The molecule has 0 radical (unpaired) electrons. The maximum atomic E-state index is 12.7. The molecule has 1 fully saturated rings. The lowest BCUT2D eigenvalue weighted by molar-refractivity contribution is 0.0740. The molecule has 1 saturated heterocycles. The van der Waals surface area contributed by atoms with Crippen molar-refractivity contribution in [3.63, 3.8) is 0 Å². The molecule has 0 spiro atoms. The Kier molecular flexibility index (Phi) is 4.06. The van der Waals surface area contributed by atoms with Crippen LogP contribution >= 0.6 is 11.6 Å².